The summed E-state index contributed by atoms with van der Waals surface area (Å²) in [5.74, 6) is 2.61. The maximum Gasteiger partial charge on any atom is 0.254 e. The highest BCUT2D eigenvalue weighted by Gasteiger charge is 2.29. The molecule has 0 saturated carbocycles. The normalized spacial score (nSPS) is 16.5. The summed E-state index contributed by atoms with van der Waals surface area (Å²) >= 11 is 0. The molecule has 4 rings (SSSR count). The van der Waals surface area contributed by atoms with Gasteiger partial charge in [0, 0.05) is 31.6 Å². The van der Waals surface area contributed by atoms with Crippen LogP contribution < -0.4 is 14.2 Å². The number of ether oxygens (including phenoxy) is 3. The second-order valence-electron chi connectivity index (χ2n) is 7.52. The first-order valence-electron chi connectivity index (χ1n) is 10.1. The van der Waals surface area contributed by atoms with E-state index in [0.29, 0.717) is 29.4 Å². The summed E-state index contributed by atoms with van der Waals surface area (Å²) in [6.07, 6.45) is 1.94. The predicted molar refractivity (Wildman–Crippen MR) is 115 cm³/mol. The zero-order valence-electron chi connectivity index (χ0n) is 17.8. The molecular formula is C23H27N3O4. The number of carbonyl (C=O) groups excluding carboxylic acids is 1. The Hall–Kier alpha value is -3.22. The molecule has 7 nitrogen and oxygen atoms in total. The number of amides is 1. The first kappa shape index (κ1) is 20.1. The highest BCUT2D eigenvalue weighted by Crippen LogP contribution is 2.39. The number of hydrogen-bond donors (Lipinski definition) is 0. The number of likely N-dealkylation sites (tertiary alicyclic amines) is 1. The molecule has 1 atom stereocenters. The molecule has 1 unspecified atom stereocenters. The minimum absolute atomic E-state index is 0.0438. The predicted octanol–water partition coefficient (Wildman–Crippen LogP) is 3.62. The lowest BCUT2D eigenvalue weighted by molar-refractivity contribution is 0.0703. The van der Waals surface area contributed by atoms with Gasteiger partial charge in [0.05, 0.1) is 32.4 Å². The minimum atomic E-state index is -0.0438. The number of fused-ring (bicyclic) bond motifs is 1. The first-order chi connectivity index (χ1) is 14.6. The number of methoxy groups -OCH3 is 3. The second-order valence-corrected chi connectivity index (χ2v) is 7.52. The van der Waals surface area contributed by atoms with Crippen molar-refractivity contribution in [1.29, 1.82) is 0 Å². The van der Waals surface area contributed by atoms with Gasteiger partial charge in [-0.2, -0.15) is 0 Å². The number of para-hydroxylation sites is 2. The van der Waals surface area contributed by atoms with Gasteiger partial charge < -0.3 is 23.7 Å². The summed E-state index contributed by atoms with van der Waals surface area (Å²) in [5, 5.41) is 0. The lowest BCUT2D eigenvalue weighted by atomic mass is 9.96. The largest absolute Gasteiger partial charge is 0.493 e. The Labute approximate surface area is 176 Å². The van der Waals surface area contributed by atoms with E-state index in [-0.39, 0.29) is 11.8 Å². The minimum Gasteiger partial charge on any atom is -0.493 e. The molecule has 0 aliphatic carbocycles. The Morgan fingerprint density at radius 3 is 2.40 bits per heavy atom. The summed E-state index contributed by atoms with van der Waals surface area (Å²) in [5.41, 5.74) is 2.62. The van der Waals surface area contributed by atoms with Crippen molar-refractivity contribution in [3.05, 3.63) is 47.8 Å². The van der Waals surface area contributed by atoms with Crippen molar-refractivity contribution in [2.24, 2.45) is 7.05 Å². The van der Waals surface area contributed by atoms with Gasteiger partial charge in [0.1, 0.15) is 5.82 Å². The Kier molecular flexibility index (Phi) is 5.53. The van der Waals surface area contributed by atoms with E-state index in [1.54, 1.807) is 33.5 Å². The lowest BCUT2D eigenvalue weighted by Gasteiger charge is -2.32. The van der Waals surface area contributed by atoms with E-state index < -0.39 is 0 Å². The molecule has 0 bridgehead atoms. The van der Waals surface area contributed by atoms with Crippen molar-refractivity contribution in [1.82, 2.24) is 14.5 Å². The van der Waals surface area contributed by atoms with E-state index in [9.17, 15) is 4.79 Å². The molecule has 2 aromatic carbocycles. The van der Waals surface area contributed by atoms with Crippen molar-refractivity contribution in [2.75, 3.05) is 34.4 Å². The van der Waals surface area contributed by atoms with Gasteiger partial charge in [-0.25, -0.2) is 4.98 Å². The molecule has 0 N–H and O–H groups in total. The van der Waals surface area contributed by atoms with Crippen LogP contribution in [0.5, 0.6) is 17.2 Å². The van der Waals surface area contributed by atoms with Crippen LogP contribution in [0.2, 0.25) is 0 Å². The van der Waals surface area contributed by atoms with Crippen LogP contribution >= 0.6 is 0 Å². The van der Waals surface area contributed by atoms with Crippen LogP contribution in [-0.2, 0) is 7.05 Å². The molecule has 158 valence electrons. The summed E-state index contributed by atoms with van der Waals surface area (Å²) in [7, 11) is 6.70. The molecule has 2 heterocycles. The molecule has 0 spiro atoms. The maximum atomic E-state index is 13.3. The molecule has 3 aromatic rings. The van der Waals surface area contributed by atoms with E-state index in [1.807, 2.05) is 30.1 Å². The number of hydrogen-bond acceptors (Lipinski definition) is 5. The molecule has 1 amide bonds. The van der Waals surface area contributed by atoms with Gasteiger partial charge in [-0.15, -0.1) is 0 Å². The lowest BCUT2D eigenvalue weighted by Crippen LogP contribution is -2.39. The number of nitrogens with zero attached hydrogens (tertiary/aromatic N) is 3. The summed E-state index contributed by atoms with van der Waals surface area (Å²) < 4.78 is 18.3. The number of aromatic nitrogens is 2. The Bertz CT molecular complexity index is 1050. The Morgan fingerprint density at radius 2 is 1.77 bits per heavy atom. The van der Waals surface area contributed by atoms with Crippen molar-refractivity contribution >= 4 is 16.9 Å². The average Bonchev–Trinajstić information content (AvgIpc) is 3.14. The van der Waals surface area contributed by atoms with Crippen molar-refractivity contribution < 1.29 is 19.0 Å². The van der Waals surface area contributed by atoms with Crippen LogP contribution in [0.25, 0.3) is 11.0 Å². The number of aryl methyl sites for hydroxylation is 1. The van der Waals surface area contributed by atoms with E-state index in [0.717, 1.165) is 36.2 Å². The van der Waals surface area contributed by atoms with Gasteiger partial charge in [0.25, 0.3) is 5.91 Å². The fraction of sp³-hybridized carbons (Fsp3) is 0.391. The highest BCUT2D eigenvalue weighted by atomic mass is 16.5. The van der Waals surface area contributed by atoms with Crippen molar-refractivity contribution in [2.45, 2.75) is 18.8 Å². The third-order valence-corrected chi connectivity index (χ3v) is 5.81. The van der Waals surface area contributed by atoms with E-state index in [2.05, 4.69) is 10.6 Å². The number of carbonyl (C=O) groups is 1. The number of imidazole rings is 1. The van der Waals surface area contributed by atoms with Gasteiger partial charge in [-0.05, 0) is 37.1 Å². The standard InChI is InChI=1S/C23H27N3O4/c1-25-18-10-6-5-9-17(18)24-22(25)15-8-7-11-26(14-15)23(27)16-12-19(28-2)21(30-4)20(13-16)29-3/h5-6,9-10,12-13,15H,7-8,11,14H2,1-4H3. The zero-order chi connectivity index (χ0) is 21.3. The molecule has 30 heavy (non-hydrogen) atoms. The van der Waals surface area contributed by atoms with Gasteiger partial charge >= 0.3 is 0 Å². The molecular weight excluding hydrogens is 382 g/mol. The number of benzene rings is 2. The third kappa shape index (κ3) is 3.44. The highest BCUT2D eigenvalue weighted by molar-refractivity contribution is 5.95. The maximum absolute atomic E-state index is 13.3. The monoisotopic (exact) mass is 409 g/mol. The fourth-order valence-corrected chi connectivity index (χ4v) is 4.29. The molecule has 7 heteroatoms. The van der Waals surface area contributed by atoms with E-state index in [4.69, 9.17) is 19.2 Å². The quantitative estimate of drug-likeness (QED) is 0.644. The first-order valence-corrected chi connectivity index (χ1v) is 10.1. The van der Waals surface area contributed by atoms with Crippen LogP contribution in [0.4, 0.5) is 0 Å². The topological polar surface area (TPSA) is 65.8 Å². The van der Waals surface area contributed by atoms with Crippen molar-refractivity contribution in [3.63, 3.8) is 0 Å². The Morgan fingerprint density at radius 1 is 1.07 bits per heavy atom. The Balaban J connectivity index is 1.61. The summed E-state index contributed by atoms with van der Waals surface area (Å²) in [6.45, 7) is 1.35. The van der Waals surface area contributed by atoms with Gasteiger partial charge in [0.2, 0.25) is 5.75 Å². The van der Waals surface area contributed by atoms with Crippen LogP contribution in [0.3, 0.4) is 0 Å². The summed E-state index contributed by atoms with van der Waals surface area (Å²) in [4.78, 5) is 20.1. The smallest absolute Gasteiger partial charge is 0.254 e. The van der Waals surface area contributed by atoms with E-state index in [1.165, 1.54) is 0 Å². The van der Waals surface area contributed by atoms with Crippen LogP contribution in [-0.4, -0.2) is 54.8 Å². The third-order valence-electron chi connectivity index (χ3n) is 5.81. The van der Waals surface area contributed by atoms with Crippen LogP contribution in [0, 0.1) is 0 Å². The second kappa shape index (κ2) is 8.26. The number of rotatable bonds is 5. The molecule has 1 aliphatic heterocycles. The fourth-order valence-electron chi connectivity index (χ4n) is 4.29. The molecule has 1 aliphatic rings. The molecule has 1 saturated heterocycles. The molecule has 0 radical (unpaired) electrons. The van der Waals surface area contributed by atoms with Crippen LogP contribution in [0.1, 0.15) is 34.9 Å². The SMILES string of the molecule is COc1cc(C(=O)N2CCCC(c3nc4ccccc4n3C)C2)cc(OC)c1OC. The molecule has 1 aromatic heterocycles. The number of piperidine rings is 1. The molecule has 1 fully saturated rings. The van der Waals surface area contributed by atoms with Gasteiger partial charge in [-0.3, -0.25) is 4.79 Å². The van der Waals surface area contributed by atoms with Gasteiger partial charge in [0.15, 0.2) is 11.5 Å². The van der Waals surface area contributed by atoms with Crippen LogP contribution in [0.15, 0.2) is 36.4 Å². The van der Waals surface area contributed by atoms with Gasteiger partial charge in [-0.1, -0.05) is 12.1 Å². The average molecular weight is 409 g/mol. The van der Waals surface area contributed by atoms with E-state index >= 15 is 0 Å². The van der Waals surface area contributed by atoms with Crippen molar-refractivity contribution in [3.8, 4) is 17.2 Å². The zero-order valence-corrected chi connectivity index (χ0v) is 17.8. The summed E-state index contributed by atoms with van der Waals surface area (Å²) in [6, 6.07) is 11.5.